The highest BCUT2D eigenvalue weighted by molar-refractivity contribution is 6.06. The van der Waals surface area contributed by atoms with Gasteiger partial charge < -0.3 is 18.9 Å². The van der Waals surface area contributed by atoms with Crippen molar-refractivity contribution < 1.29 is 38.1 Å². The second-order valence-corrected chi connectivity index (χ2v) is 31.9. The Labute approximate surface area is 469 Å². The van der Waals surface area contributed by atoms with E-state index in [9.17, 15) is 19.2 Å². The van der Waals surface area contributed by atoms with Crippen molar-refractivity contribution in [2.45, 2.75) is 299 Å². The molecule has 0 aromatic carbocycles. The molecule has 11 atom stereocenters. The van der Waals surface area contributed by atoms with Crippen molar-refractivity contribution in [1.82, 2.24) is 9.80 Å². The van der Waals surface area contributed by atoms with Crippen LogP contribution in [-0.2, 0) is 38.1 Å². The number of hydrogen-bond acceptors (Lipinski definition) is 8. The zero-order valence-electron chi connectivity index (χ0n) is 48.5. The van der Waals surface area contributed by atoms with Crippen LogP contribution in [0.2, 0.25) is 0 Å². The molecule has 17 aliphatic rings. The molecule has 0 N–H and O–H groups in total. The van der Waals surface area contributed by atoms with E-state index in [1.807, 2.05) is 0 Å². The molecular formula is C68H102N2O8. The predicted octanol–water partition coefficient (Wildman–Crippen LogP) is 13.3. The fraction of sp³-hybridized carbons (Fsp3) is 0.941. The molecule has 10 nitrogen and oxygen atoms in total. The van der Waals surface area contributed by atoms with Crippen LogP contribution in [0.5, 0.6) is 0 Å². The molecule has 2 heterocycles. The Morgan fingerprint density at radius 1 is 0.359 bits per heavy atom. The smallest absolute Gasteiger partial charge is 0.233 e. The normalized spacial score (nSPS) is 52.8. The van der Waals surface area contributed by atoms with Crippen molar-refractivity contribution >= 4 is 23.6 Å². The van der Waals surface area contributed by atoms with Crippen molar-refractivity contribution in [3.63, 3.8) is 0 Å². The zero-order chi connectivity index (χ0) is 52.7. The van der Waals surface area contributed by atoms with Crippen LogP contribution >= 0.6 is 0 Å². The van der Waals surface area contributed by atoms with Gasteiger partial charge in [0.2, 0.25) is 23.6 Å². The lowest BCUT2D eigenvalue weighted by molar-refractivity contribution is -0.185. The quantitative estimate of drug-likeness (QED) is 0.178. The molecule has 0 aromatic rings. The Hall–Kier alpha value is -1.88. The summed E-state index contributed by atoms with van der Waals surface area (Å²) in [6.07, 6.45) is 46.6. The van der Waals surface area contributed by atoms with Gasteiger partial charge in [-0.1, -0.05) is 6.92 Å². The number of nitrogens with zero attached hydrogens (tertiary/aromatic N) is 2. The molecule has 0 spiro atoms. The predicted molar refractivity (Wildman–Crippen MR) is 297 cm³/mol. The maximum Gasteiger partial charge on any atom is 0.233 e. The lowest BCUT2D eigenvalue weighted by Gasteiger charge is -2.67. The van der Waals surface area contributed by atoms with Gasteiger partial charge >= 0.3 is 0 Å². The number of fused-ring (bicyclic) bond motifs is 2. The van der Waals surface area contributed by atoms with Crippen LogP contribution in [0, 0.1) is 93.2 Å². The number of imide groups is 2. The van der Waals surface area contributed by atoms with Gasteiger partial charge in [0.05, 0.1) is 72.5 Å². The minimum Gasteiger partial charge on any atom is -0.375 e. The maximum absolute atomic E-state index is 14.5. The van der Waals surface area contributed by atoms with Gasteiger partial charge in [-0.3, -0.25) is 29.0 Å². The first-order valence-electron chi connectivity index (χ1n) is 34.1. The zero-order valence-corrected chi connectivity index (χ0v) is 48.5. The van der Waals surface area contributed by atoms with Gasteiger partial charge in [0.15, 0.2) is 0 Å². The molecule has 8 bridgehead atoms. The highest BCUT2D eigenvalue weighted by atomic mass is 16.5. The maximum atomic E-state index is 14.5. The van der Waals surface area contributed by atoms with Crippen molar-refractivity contribution in [2.75, 3.05) is 7.05 Å². The van der Waals surface area contributed by atoms with Gasteiger partial charge in [0, 0.05) is 13.1 Å². The van der Waals surface area contributed by atoms with E-state index in [-0.39, 0.29) is 83.9 Å². The molecule has 15 saturated carbocycles. The molecule has 78 heavy (non-hydrogen) atoms. The highest BCUT2D eigenvalue weighted by Gasteiger charge is 2.63. The molecular weight excluding hydrogens is 973 g/mol. The van der Waals surface area contributed by atoms with Gasteiger partial charge in [0.25, 0.3) is 0 Å². The molecule has 4 amide bonds. The first-order valence-corrected chi connectivity index (χ1v) is 34.1. The van der Waals surface area contributed by atoms with E-state index in [4.69, 9.17) is 18.9 Å². The van der Waals surface area contributed by atoms with Crippen LogP contribution < -0.4 is 0 Å². The summed E-state index contributed by atoms with van der Waals surface area (Å²) in [6, 6.07) is 0.0105. The van der Waals surface area contributed by atoms with E-state index in [1.54, 1.807) is 11.9 Å². The third kappa shape index (κ3) is 9.51. The van der Waals surface area contributed by atoms with Crippen LogP contribution in [0.1, 0.15) is 244 Å². The molecule has 432 valence electrons. The Morgan fingerprint density at radius 2 is 0.744 bits per heavy atom. The Morgan fingerprint density at radius 3 is 1.29 bits per heavy atom. The fourth-order valence-corrected chi connectivity index (χ4v) is 24.6. The first-order chi connectivity index (χ1) is 37.8. The Bertz CT molecular complexity index is 2200. The summed E-state index contributed by atoms with van der Waals surface area (Å²) in [4.78, 5) is 57.8. The number of amides is 4. The van der Waals surface area contributed by atoms with Crippen molar-refractivity contribution in [2.24, 2.45) is 93.2 Å². The minimum absolute atomic E-state index is 0.000134. The van der Waals surface area contributed by atoms with Gasteiger partial charge in [-0.05, 0) is 307 Å². The van der Waals surface area contributed by atoms with Gasteiger partial charge in [-0.2, -0.15) is 0 Å². The van der Waals surface area contributed by atoms with Crippen LogP contribution in [0.4, 0.5) is 0 Å². The third-order valence-corrected chi connectivity index (χ3v) is 27.3. The first kappa shape index (κ1) is 52.9. The average Bonchev–Trinajstić information content (AvgIpc) is 3.86. The number of rotatable bonds is 12. The lowest BCUT2D eigenvalue weighted by Crippen LogP contribution is -2.57. The summed E-state index contributed by atoms with van der Waals surface area (Å²) in [7, 11) is 1.65. The highest BCUT2D eigenvalue weighted by Crippen LogP contribution is 2.72. The van der Waals surface area contributed by atoms with E-state index in [2.05, 4.69) is 6.92 Å². The van der Waals surface area contributed by atoms with E-state index >= 15 is 0 Å². The number of likely N-dealkylation sites (tertiary alicyclic amines) is 2. The molecule has 15 aliphatic carbocycles. The molecule has 11 unspecified atom stereocenters. The summed E-state index contributed by atoms with van der Waals surface area (Å²) < 4.78 is 28.3. The number of carbonyl (C=O) groups is 4. The summed E-state index contributed by atoms with van der Waals surface area (Å²) in [6.45, 7) is 2.42. The Balaban J connectivity index is 0.532. The van der Waals surface area contributed by atoms with Crippen LogP contribution in [-0.4, -0.2) is 95.3 Å². The van der Waals surface area contributed by atoms with Crippen molar-refractivity contribution in [1.29, 1.82) is 0 Å². The van der Waals surface area contributed by atoms with Crippen molar-refractivity contribution in [3.8, 4) is 0 Å². The summed E-state index contributed by atoms with van der Waals surface area (Å²) in [5, 5.41) is 0. The van der Waals surface area contributed by atoms with E-state index < -0.39 is 0 Å². The largest absolute Gasteiger partial charge is 0.375 e. The number of hydrogen-bond donors (Lipinski definition) is 0. The van der Waals surface area contributed by atoms with Crippen LogP contribution in [0.25, 0.3) is 0 Å². The molecule has 0 radical (unpaired) electrons. The molecule has 2 saturated heterocycles. The second-order valence-electron chi connectivity index (χ2n) is 31.9. The van der Waals surface area contributed by atoms with E-state index in [1.165, 1.54) is 159 Å². The van der Waals surface area contributed by atoms with Gasteiger partial charge in [-0.25, -0.2) is 0 Å². The SMILES string of the molecule is CC1CCC(OC2CCC(C34CC5CC(C3)CC(C3CCC(OC6CCC(N7C(=O)C8CCC(OC9CCC(OC%10CCC%11C(=O)N(C)C(=O)C%11C%10)CC9C9%10CC%11CC(CC(C%11)C9)C%10)CC8C7=O)CC6)CC3)(C5)C4)CC2)CC1. The third-order valence-electron chi connectivity index (χ3n) is 27.3. The summed E-state index contributed by atoms with van der Waals surface area (Å²) in [5.74, 6) is 7.01. The monoisotopic (exact) mass is 1070 g/mol. The van der Waals surface area contributed by atoms with Gasteiger partial charge in [0.1, 0.15) is 0 Å². The standard InChI is InChI=1S/C68H102N2O8/c1-40-3-11-49(12-4-40)75-50-13-5-46(6-14-50)67-35-44-28-45(36-67)38-68(37-44,39-67)47-7-15-51(16-8-47)76-52-17-9-48(10-18-52)70-64(73)57-23-20-54(30-59(57)65(70)74)78-61-24-21-55(77-53-19-22-56-58(29-53)63(72)69(2)62(56)71)31-60(61)66-32-41-25-42(33-66)27-43(26-41)34-66/h40-61H,3-39H2,1-2H3. The van der Waals surface area contributed by atoms with Crippen molar-refractivity contribution in [3.05, 3.63) is 0 Å². The van der Waals surface area contributed by atoms with Gasteiger partial charge in [-0.15, -0.1) is 0 Å². The topological polar surface area (TPSA) is 112 Å². The molecule has 10 heteroatoms. The number of carbonyl (C=O) groups excluding carboxylic acids is 4. The lowest BCUT2D eigenvalue weighted by atomic mass is 9.38. The number of ether oxygens (including phenoxy) is 4. The molecule has 0 aromatic heterocycles. The van der Waals surface area contributed by atoms with E-state index in [0.717, 1.165) is 118 Å². The minimum atomic E-state index is -0.244. The fourth-order valence-electron chi connectivity index (χ4n) is 24.6. The molecule has 17 rings (SSSR count). The average molecular weight is 1080 g/mol. The van der Waals surface area contributed by atoms with E-state index in [0.29, 0.717) is 53.3 Å². The second kappa shape index (κ2) is 20.7. The summed E-state index contributed by atoms with van der Waals surface area (Å²) in [5.41, 5.74) is 1.51. The Kier molecular flexibility index (Phi) is 14.1. The summed E-state index contributed by atoms with van der Waals surface area (Å²) >= 11 is 0. The van der Waals surface area contributed by atoms with Crippen LogP contribution in [0.3, 0.4) is 0 Å². The van der Waals surface area contributed by atoms with Crippen LogP contribution in [0.15, 0.2) is 0 Å². The molecule has 17 fully saturated rings. The molecule has 2 aliphatic heterocycles.